The molecule has 1 aromatic rings. The van der Waals surface area contributed by atoms with E-state index in [9.17, 15) is 4.79 Å². The van der Waals surface area contributed by atoms with Crippen LogP contribution in [0.2, 0.25) is 5.02 Å². The van der Waals surface area contributed by atoms with Crippen LogP contribution < -0.4 is 5.32 Å². The lowest BCUT2D eigenvalue weighted by Gasteiger charge is -2.15. The predicted octanol–water partition coefficient (Wildman–Crippen LogP) is 5.48. The molecule has 1 N–H and O–H groups in total. The minimum atomic E-state index is -0.0390. The lowest BCUT2D eigenvalue weighted by Crippen LogP contribution is -2.34. The van der Waals surface area contributed by atoms with Crippen LogP contribution in [-0.4, -0.2) is 11.9 Å². The molecule has 1 aliphatic carbocycles. The third kappa shape index (κ3) is 5.50. The van der Waals surface area contributed by atoms with E-state index in [1.807, 2.05) is 31.2 Å². The van der Waals surface area contributed by atoms with Crippen molar-refractivity contribution in [1.82, 2.24) is 5.32 Å². The molecule has 0 aromatic heterocycles. The average molecular weight is 397 g/mol. The van der Waals surface area contributed by atoms with Gasteiger partial charge in [0.05, 0.1) is 5.02 Å². The van der Waals surface area contributed by atoms with Crippen molar-refractivity contribution in [2.24, 2.45) is 11.8 Å². The van der Waals surface area contributed by atoms with E-state index in [2.05, 4.69) is 47.2 Å². The molecule has 0 spiro atoms. The molecule has 1 aliphatic rings. The summed E-state index contributed by atoms with van der Waals surface area (Å²) in [6, 6.07) is 6.33. The summed E-state index contributed by atoms with van der Waals surface area (Å²) in [4.78, 5) is 11.7. The van der Waals surface area contributed by atoms with Crippen molar-refractivity contribution >= 4 is 33.4 Å². The van der Waals surface area contributed by atoms with Crippen LogP contribution in [0.25, 0.3) is 0 Å². The van der Waals surface area contributed by atoms with Crippen LogP contribution in [0.3, 0.4) is 0 Å². The van der Waals surface area contributed by atoms with Crippen LogP contribution in [-0.2, 0) is 4.79 Å². The van der Waals surface area contributed by atoms with Crippen molar-refractivity contribution in [2.45, 2.75) is 39.2 Å². The summed E-state index contributed by atoms with van der Waals surface area (Å²) < 4.78 is 0.931. The van der Waals surface area contributed by atoms with E-state index in [-0.39, 0.29) is 11.9 Å². The molecule has 1 fully saturated rings. The van der Waals surface area contributed by atoms with Gasteiger partial charge < -0.3 is 5.32 Å². The molecule has 0 radical (unpaired) electrons. The lowest BCUT2D eigenvalue weighted by atomic mass is 10.1. The van der Waals surface area contributed by atoms with Crippen LogP contribution in [0.15, 0.2) is 47.0 Å². The SMILES string of the molecule is CC(C)C(C)NC(=O)/C=C/C=C/[C@@H]1C[C@H]1c1ccc(Br)c(Cl)c1. The van der Waals surface area contributed by atoms with Crippen LogP contribution in [0.1, 0.15) is 38.7 Å². The summed E-state index contributed by atoms with van der Waals surface area (Å²) in [5.74, 6) is 1.48. The Kier molecular flexibility index (Phi) is 6.49. The zero-order valence-corrected chi connectivity index (χ0v) is 16.1. The summed E-state index contributed by atoms with van der Waals surface area (Å²) >= 11 is 9.55. The molecule has 1 unspecified atom stereocenters. The molecular weight excluding hydrogens is 374 g/mol. The van der Waals surface area contributed by atoms with Gasteiger partial charge >= 0.3 is 0 Å². The molecular formula is C19H23BrClNO. The topological polar surface area (TPSA) is 29.1 Å². The number of benzene rings is 1. The van der Waals surface area contributed by atoms with Crippen molar-refractivity contribution in [2.75, 3.05) is 0 Å². The normalized spacial score (nSPS) is 22.0. The van der Waals surface area contributed by atoms with Gasteiger partial charge in [-0.3, -0.25) is 4.79 Å². The molecule has 124 valence electrons. The van der Waals surface area contributed by atoms with Gasteiger partial charge in [-0.25, -0.2) is 0 Å². The second kappa shape index (κ2) is 8.16. The van der Waals surface area contributed by atoms with Crippen LogP contribution in [0.5, 0.6) is 0 Å². The Morgan fingerprint density at radius 2 is 2.09 bits per heavy atom. The number of amides is 1. The van der Waals surface area contributed by atoms with Gasteiger partial charge in [0.15, 0.2) is 0 Å². The first-order chi connectivity index (χ1) is 10.9. The number of carbonyl (C=O) groups excluding carboxylic acids is 1. The van der Waals surface area contributed by atoms with Crippen LogP contribution >= 0.6 is 27.5 Å². The quantitative estimate of drug-likeness (QED) is 0.500. The highest BCUT2D eigenvalue weighted by molar-refractivity contribution is 9.10. The molecule has 0 aliphatic heterocycles. The van der Waals surface area contributed by atoms with Gasteiger partial charge in [0.25, 0.3) is 0 Å². The average Bonchev–Trinajstić information content (AvgIpc) is 3.26. The van der Waals surface area contributed by atoms with Gasteiger partial charge in [0, 0.05) is 16.6 Å². The van der Waals surface area contributed by atoms with E-state index in [1.54, 1.807) is 6.08 Å². The fraction of sp³-hybridized carbons (Fsp3) is 0.421. The van der Waals surface area contributed by atoms with Gasteiger partial charge in [-0.15, -0.1) is 0 Å². The lowest BCUT2D eigenvalue weighted by molar-refractivity contribution is -0.117. The largest absolute Gasteiger partial charge is 0.350 e. The zero-order valence-electron chi connectivity index (χ0n) is 13.7. The fourth-order valence-electron chi connectivity index (χ4n) is 2.34. The van der Waals surface area contributed by atoms with E-state index < -0.39 is 0 Å². The third-order valence-corrected chi connectivity index (χ3v) is 5.53. The number of hydrogen-bond donors (Lipinski definition) is 1. The standard InChI is InChI=1S/C19H23BrClNO/c1-12(2)13(3)22-19(23)7-5-4-6-14-10-16(14)15-8-9-17(20)18(21)11-15/h4-9,11-14,16H,10H2,1-3H3,(H,22,23)/b6-4+,7-5+/t13?,14-,16-/m1/s1. The van der Waals surface area contributed by atoms with E-state index in [1.165, 1.54) is 5.56 Å². The number of carbonyl (C=O) groups is 1. The highest BCUT2D eigenvalue weighted by Gasteiger charge is 2.36. The van der Waals surface area contributed by atoms with Gasteiger partial charge in [-0.1, -0.05) is 49.7 Å². The first kappa shape index (κ1) is 18.3. The molecule has 2 rings (SSSR count). The van der Waals surface area contributed by atoms with Gasteiger partial charge in [0.1, 0.15) is 0 Å². The molecule has 3 atom stereocenters. The minimum absolute atomic E-state index is 0.0390. The third-order valence-electron chi connectivity index (χ3n) is 4.30. The number of nitrogens with one attached hydrogen (secondary N) is 1. The maximum atomic E-state index is 11.7. The van der Waals surface area contributed by atoms with E-state index in [4.69, 9.17) is 11.6 Å². The number of allylic oxidation sites excluding steroid dienone is 3. The number of hydrogen-bond acceptors (Lipinski definition) is 1. The Labute approximate surface area is 152 Å². The van der Waals surface area contributed by atoms with Gasteiger partial charge in [-0.2, -0.15) is 0 Å². The Hall–Kier alpha value is -1.06. The van der Waals surface area contributed by atoms with Gasteiger partial charge in [0.2, 0.25) is 5.91 Å². The van der Waals surface area contributed by atoms with Crippen molar-refractivity contribution in [3.8, 4) is 0 Å². The molecule has 0 bridgehead atoms. The summed E-state index contributed by atoms with van der Waals surface area (Å²) in [6.45, 7) is 6.21. The summed E-state index contributed by atoms with van der Waals surface area (Å²) in [7, 11) is 0. The summed E-state index contributed by atoms with van der Waals surface area (Å²) in [5.41, 5.74) is 1.28. The van der Waals surface area contributed by atoms with Crippen LogP contribution in [0.4, 0.5) is 0 Å². The van der Waals surface area contributed by atoms with Crippen molar-refractivity contribution < 1.29 is 4.79 Å². The van der Waals surface area contributed by atoms with E-state index in [0.717, 1.165) is 15.9 Å². The zero-order chi connectivity index (χ0) is 17.0. The maximum Gasteiger partial charge on any atom is 0.244 e. The Morgan fingerprint density at radius 3 is 2.74 bits per heavy atom. The summed E-state index contributed by atoms with van der Waals surface area (Å²) in [6.07, 6.45) is 8.66. The first-order valence-electron chi connectivity index (χ1n) is 7.98. The second-order valence-electron chi connectivity index (χ2n) is 6.46. The van der Waals surface area contributed by atoms with Gasteiger partial charge in [-0.05, 0) is 64.7 Å². The Morgan fingerprint density at radius 1 is 1.35 bits per heavy atom. The Bertz CT molecular complexity index is 624. The second-order valence-corrected chi connectivity index (χ2v) is 7.73. The molecule has 1 amide bonds. The highest BCUT2D eigenvalue weighted by atomic mass is 79.9. The molecule has 4 heteroatoms. The molecule has 1 aromatic carbocycles. The monoisotopic (exact) mass is 395 g/mol. The van der Waals surface area contributed by atoms with Crippen molar-refractivity contribution in [3.63, 3.8) is 0 Å². The predicted molar refractivity (Wildman–Crippen MR) is 101 cm³/mol. The maximum absolute atomic E-state index is 11.7. The molecule has 1 saturated carbocycles. The van der Waals surface area contributed by atoms with Crippen molar-refractivity contribution in [1.29, 1.82) is 0 Å². The molecule has 2 nitrogen and oxygen atoms in total. The Balaban J connectivity index is 1.80. The number of halogens is 2. The fourth-order valence-corrected chi connectivity index (χ4v) is 2.78. The van der Waals surface area contributed by atoms with Crippen molar-refractivity contribution in [3.05, 3.63) is 57.6 Å². The van der Waals surface area contributed by atoms with E-state index in [0.29, 0.717) is 17.8 Å². The number of rotatable bonds is 6. The smallest absolute Gasteiger partial charge is 0.244 e. The molecule has 23 heavy (non-hydrogen) atoms. The molecule has 0 saturated heterocycles. The molecule has 0 heterocycles. The van der Waals surface area contributed by atoms with E-state index >= 15 is 0 Å². The first-order valence-corrected chi connectivity index (χ1v) is 9.16. The van der Waals surface area contributed by atoms with Crippen LogP contribution in [0, 0.1) is 11.8 Å². The summed E-state index contributed by atoms with van der Waals surface area (Å²) in [5, 5.41) is 3.71. The minimum Gasteiger partial charge on any atom is -0.350 e. The highest BCUT2D eigenvalue weighted by Crippen LogP contribution is 2.49.